The maximum atomic E-state index is 13.1. The van der Waals surface area contributed by atoms with E-state index in [1.165, 1.54) is 21.1 Å². The van der Waals surface area contributed by atoms with E-state index in [1.54, 1.807) is 11.4 Å². The molecular formula is C26H32N6O6S. The fourth-order valence-corrected chi connectivity index (χ4v) is 5.71. The molecule has 1 atom stereocenters. The van der Waals surface area contributed by atoms with Crippen LogP contribution in [0.15, 0.2) is 41.8 Å². The predicted molar refractivity (Wildman–Crippen MR) is 144 cm³/mol. The molecule has 0 aliphatic carbocycles. The number of carboxylic acid groups (broad SMARTS) is 1. The average molecular weight is 557 g/mol. The second-order valence-electron chi connectivity index (χ2n) is 9.86. The van der Waals surface area contributed by atoms with Gasteiger partial charge in [0.1, 0.15) is 17.6 Å². The Morgan fingerprint density at radius 2 is 1.90 bits per heavy atom. The lowest BCUT2D eigenvalue weighted by molar-refractivity contribution is -0.139. The number of carbonyl (C=O) groups is 4. The molecule has 3 heterocycles. The third-order valence-electron chi connectivity index (χ3n) is 6.85. The van der Waals surface area contributed by atoms with E-state index >= 15 is 0 Å². The second-order valence-corrected chi connectivity index (χ2v) is 10.9. The molecule has 208 valence electrons. The lowest BCUT2D eigenvalue weighted by atomic mass is 9.78. The molecule has 0 saturated carbocycles. The number of para-hydroxylation sites is 1. The highest BCUT2D eigenvalue weighted by molar-refractivity contribution is 7.10. The van der Waals surface area contributed by atoms with Crippen molar-refractivity contribution in [2.24, 2.45) is 11.1 Å². The zero-order valence-electron chi connectivity index (χ0n) is 21.4. The van der Waals surface area contributed by atoms with Crippen LogP contribution in [0.4, 0.5) is 4.79 Å². The van der Waals surface area contributed by atoms with Gasteiger partial charge in [-0.1, -0.05) is 18.2 Å². The molecule has 2 aliphatic heterocycles. The van der Waals surface area contributed by atoms with Crippen LogP contribution in [0.25, 0.3) is 0 Å². The summed E-state index contributed by atoms with van der Waals surface area (Å²) >= 11 is 1.36. The van der Waals surface area contributed by atoms with Gasteiger partial charge in [0, 0.05) is 47.3 Å². The van der Waals surface area contributed by atoms with Gasteiger partial charge in [0.2, 0.25) is 17.7 Å². The normalized spacial score (nSPS) is 17.4. The number of rotatable bonds is 11. The van der Waals surface area contributed by atoms with Crippen molar-refractivity contribution in [1.29, 1.82) is 5.41 Å². The first-order chi connectivity index (χ1) is 18.7. The third-order valence-corrected chi connectivity index (χ3v) is 7.79. The summed E-state index contributed by atoms with van der Waals surface area (Å²) in [4.78, 5) is 53.4. The van der Waals surface area contributed by atoms with Crippen molar-refractivity contribution in [2.75, 3.05) is 32.8 Å². The number of benzene rings is 1. The van der Waals surface area contributed by atoms with Crippen molar-refractivity contribution < 1.29 is 29.0 Å². The quantitative estimate of drug-likeness (QED) is 0.157. The zero-order chi connectivity index (χ0) is 28.0. The number of carbonyl (C=O) groups excluding carboxylic acids is 3. The van der Waals surface area contributed by atoms with Gasteiger partial charge >= 0.3 is 6.09 Å². The SMILES string of the molecule is N=C(N)c1csc(CNC(=O)[C@@H]2CC3(CN(C(=O)O)C3)CN2C(=O)CNC(=O)CCCOc2ccccc2)c1. The van der Waals surface area contributed by atoms with Gasteiger partial charge in [-0.15, -0.1) is 11.3 Å². The van der Waals surface area contributed by atoms with Crippen LogP contribution in [0, 0.1) is 10.8 Å². The van der Waals surface area contributed by atoms with Crippen LogP contribution in [0.2, 0.25) is 0 Å². The van der Waals surface area contributed by atoms with Crippen molar-refractivity contribution in [3.05, 3.63) is 52.2 Å². The topological polar surface area (TPSA) is 178 Å². The largest absolute Gasteiger partial charge is 0.494 e. The van der Waals surface area contributed by atoms with Gasteiger partial charge < -0.3 is 36.0 Å². The molecule has 2 fully saturated rings. The van der Waals surface area contributed by atoms with E-state index in [9.17, 15) is 24.3 Å². The van der Waals surface area contributed by atoms with Crippen molar-refractivity contribution in [3.63, 3.8) is 0 Å². The van der Waals surface area contributed by atoms with E-state index in [-0.39, 0.29) is 56.8 Å². The van der Waals surface area contributed by atoms with Gasteiger partial charge in [-0.05, 0) is 31.0 Å². The molecule has 13 heteroatoms. The lowest BCUT2D eigenvalue weighted by Gasteiger charge is -2.46. The summed E-state index contributed by atoms with van der Waals surface area (Å²) in [6.45, 7) is 1.05. The molecule has 0 radical (unpaired) electrons. The summed E-state index contributed by atoms with van der Waals surface area (Å²) in [5.41, 5.74) is 5.59. The van der Waals surface area contributed by atoms with Gasteiger partial charge in [0.15, 0.2) is 0 Å². The Kier molecular flexibility index (Phi) is 8.69. The minimum absolute atomic E-state index is 0.0583. The number of hydrogen-bond acceptors (Lipinski definition) is 7. The van der Waals surface area contributed by atoms with E-state index < -0.39 is 23.5 Å². The fraction of sp³-hybridized carbons (Fsp3) is 0.423. The molecule has 0 bridgehead atoms. The van der Waals surface area contributed by atoms with Gasteiger partial charge in [-0.25, -0.2) is 4.79 Å². The Morgan fingerprint density at radius 1 is 1.15 bits per heavy atom. The first-order valence-corrected chi connectivity index (χ1v) is 13.5. The van der Waals surface area contributed by atoms with Crippen molar-refractivity contribution in [2.45, 2.75) is 31.8 Å². The van der Waals surface area contributed by atoms with Crippen molar-refractivity contribution in [3.8, 4) is 5.75 Å². The van der Waals surface area contributed by atoms with E-state index in [2.05, 4.69) is 10.6 Å². The molecule has 0 unspecified atom stereocenters. The van der Waals surface area contributed by atoms with Crippen molar-refractivity contribution in [1.82, 2.24) is 20.4 Å². The molecular weight excluding hydrogens is 524 g/mol. The number of hydrogen-bond donors (Lipinski definition) is 5. The van der Waals surface area contributed by atoms with Gasteiger partial charge in [-0.3, -0.25) is 19.8 Å². The molecule has 39 heavy (non-hydrogen) atoms. The molecule has 1 aromatic carbocycles. The Morgan fingerprint density at radius 3 is 2.56 bits per heavy atom. The molecule has 2 saturated heterocycles. The molecule has 2 aromatic rings. The molecule has 12 nitrogen and oxygen atoms in total. The third kappa shape index (κ3) is 7.05. The molecule has 4 amide bonds. The standard InChI is InChI=1S/C26H32N6O6S/c27-23(28)17-9-19(39-13-17)11-30-24(35)20-10-26(14-31(15-26)25(36)37)16-32(20)22(34)12-29-21(33)7-4-8-38-18-5-2-1-3-6-18/h1-3,5-6,9,13,20H,4,7-8,10-12,14-16H2,(H3,27,28)(H,29,33)(H,30,35)(H,36,37)/t20-/m0/s1. The van der Waals surface area contributed by atoms with E-state index in [0.717, 1.165) is 10.6 Å². The number of amides is 4. The first kappa shape index (κ1) is 27.9. The number of nitrogens with zero attached hydrogens (tertiary/aromatic N) is 2. The van der Waals surface area contributed by atoms with E-state index in [0.29, 0.717) is 25.0 Å². The molecule has 4 rings (SSSR count). The van der Waals surface area contributed by atoms with Crippen LogP contribution < -0.4 is 21.1 Å². The first-order valence-electron chi connectivity index (χ1n) is 12.6. The van der Waals surface area contributed by atoms with E-state index in [4.69, 9.17) is 15.9 Å². The predicted octanol–water partition coefficient (Wildman–Crippen LogP) is 1.20. The summed E-state index contributed by atoms with van der Waals surface area (Å²) < 4.78 is 5.58. The molecule has 6 N–H and O–H groups in total. The summed E-state index contributed by atoms with van der Waals surface area (Å²) in [6.07, 6.45) is -0.0347. The van der Waals surface area contributed by atoms with Gasteiger partial charge in [0.25, 0.3) is 0 Å². The highest BCUT2D eigenvalue weighted by Crippen LogP contribution is 2.42. The Labute approximate surface area is 229 Å². The van der Waals surface area contributed by atoms with Crippen LogP contribution in [-0.4, -0.2) is 83.4 Å². The Bertz CT molecular complexity index is 1230. The summed E-state index contributed by atoms with van der Waals surface area (Å²) in [5, 5.41) is 24.0. The van der Waals surface area contributed by atoms with Crippen LogP contribution in [0.5, 0.6) is 5.75 Å². The van der Waals surface area contributed by atoms with Crippen LogP contribution in [-0.2, 0) is 20.9 Å². The van der Waals surface area contributed by atoms with Gasteiger partial charge in [-0.2, -0.15) is 0 Å². The summed E-state index contributed by atoms with van der Waals surface area (Å²) in [7, 11) is 0. The maximum absolute atomic E-state index is 13.1. The lowest BCUT2D eigenvalue weighted by Crippen LogP contribution is -2.59. The fourth-order valence-electron chi connectivity index (χ4n) is 4.89. The minimum atomic E-state index is -1.03. The highest BCUT2D eigenvalue weighted by atomic mass is 32.1. The highest BCUT2D eigenvalue weighted by Gasteiger charge is 2.55. The minimum Gasteiger partial charge on any atom is -0.494 e. The second kappa shape index (κ2) is 12.2. The molecule has 1 aromatic heterocycles. The number of nitrogen functional groups attached to an aromatic ring is 1. The smallest absolute Gasteiger partial charge is 0.407 e. The maximum Gasteiger partial charge on any atom is 0.407 e. The Balaban J connectivity index is 1.29. The number of likely N-dealkylation sites (tertiary alicyclic amines) is 2. The average Bonchev–Trinajstić information content (AvgIpc) is 3.54. The number of ether oxygens (including phenoxy) is 1. The molecule has 2 aliphatic rings. The monoisotopic (exact) mass is 556 g/mol. The summed E-state index contributed by atoms with van der Waals surface area (Å²) in [6, 6.07) is 10.2. The van der Waals surface area contributed by atoms with Crippen LogP contribution >= 0.6 is 11.3 Å². The molecule has 1 spiro atoms. The van der Waals surface area contributed by atoms with Crippen molar-refractivity contribution >= 4 is 41.0 Å². The van der Waals surface area contributed by atoms with E-state index in [1.807, 2.05) is 30.3 Å². The summed E-state index contributed by atoms with van der Waals surface area (Å²) in [5.74, 6) is -0.385. The number of amidine groups is 1. The number of nitrogens with two attached hydrogens (primary N) is 1. The number of nitrogens with one attached hydrogen (secondary N) is 3. The zero-order valence-corrected chi connectivity index (χ0v) is 22.2. The van der Waals surface area contributed by atoms with Crippen LogP contribution in [0.1, 0.15) is 29.7 Å². The van der Waals surface area contributed by atoms with Crippen LogP contribution in [0.3, 0.4) is 0 Å². The number of thiophene rings is 1. The van der Waals surface area contributed by atoms with Gasteiger partial charge in [0.05, 0.1) is 19.7 Å². The Hall–Kier alpha value is -4.13.